The molecule has 4 nitrogen and oxygen atoms in total. The Morgan fingerprint density at radius 2 is 1.94 bits per heavy atom. The van der Waals surface area contributed by atoms with Gasteiger partial charge in [0, 0.05) is 6.54 Å². The molecule has 0 aromatic heterocycles. The highest BCUT2D eigenvalue weighted by Gasteiger charge is 2.22. The molecule has 4 heteroatoms. The third-order valence-corrected chi connectivity index (χ3v) is 5.57. The second-order valence-electron chi connectivity index (χ2n) is 9.17. The van der Waals surface area contributed by atoms with Crippen molar-refractivity contribution in [3.63, 3.8) is 0 Å². The Labute approximate surface area is 192 Å². The van der Waals surface area contributed by atoms with E-state index >= 15 is 0 Å². The maximum atomic E-state index is 12.4. The molecular weight excluding hydrogens is 398 g/mol. The maximum Gasteiger partial charge on any atom is 0.338 e. The van der Waals surface area contributed by atoms with Gasteiger partial charge in [-0.2, -0.15) is 0 Å². The molecule has 170 valence electrons. The molecule has 3 rings (SSSR count). The minimum absolute atomic E-state index is 0.263. The van der Waals surface area contributed by atoms with Gasteiger partial charge < -0.3 is 14.4 Å². The van der Waals surface area contributed by atoms with E-state index in [4.69, 9.17) is 9.47 Å². The van der Waals surface area contributed by atoms with E-state index in [2.05, 4.69) is 43.3 Å². The molecule has 1 aliphatic rings. The summed E-state index contributed by atoms with van der Waals surface area (Å²) in [6.07, 6.45) is 6.60. The fourth-order valence-corrected chi connectivity index (χ4v) is 4.05. The smallest absolute Gasteiger partial charge is 0.338 e. The lowest BCUT2D eigenvalue weighted by atomic mass is 9.81. The first-order valence-corrected chi connectivity index (χ1v) is 11.3. The number of hydrogen-bond donors (Lipinski definition) is 0. The van der Waals surface area contributed by atoms with Gasteiger partial charge in [0.25, 0.3) is 0 Å². The number of benzene rings is 2. The van der Waals surface area contributed by atoms with Gasteiger partial charge in [-0.25, -0.2) is 4.79 Å². The van der Waals surface area contributed by atoms with E-state index in [-0.39, 0.29) is 5.97 Å². The summed E-state index contributed by atoms with van der Waals surface area (Å²) in [6, 6.07) is 16.0. The Bertz CT molecular complexity index is 988. The van der Waals surface area contributed by atoms with Crippen molar-refractivity contribution in [2.75, 3.05) is 34.4 Å². The normalized spacial score (nSPS) is 17.5. The highest BCUT2D eigenvalue weighted by molar-refractivity contribution is 5.90. The minimum Gasteiger partial charge on any atom is -0.497 e. The first-order valence-electron chi connectivity index (χ1n) is 11.3. The van der Waals surface area contributed by atoms with E-state index in [1.54, 1.807) is 7.11 Å². The zero-order valence-corrected chi connectivity index (χ0v) is 19.9. The van der Waals surface area contributed by atoms with Gasteiger partial charge >= 0.3 is 5.97 Å². The van der Waals surface area contributed by atoms with Crippen LogP contribution in [-0.2, 0) is 4.74 Å². The molecule has 0 saturated heterocycles. The lowest BCUT2D eigenvalue weighted by Gasteiger charge is -2.29. The number of carbonyl (C=O) groups is 1. The molecule has 0 spiro atoms. The number of nitrogens with zero attached hydrogens (tertiary/aromatic N) is 1. The topological polar surface area (TPSA) is 38.8 Å². The van der Waals surface area contributed by atoms with Crippen molar-refractivity contribution in [2.45, 2.75) is 26.7 Å². The molecule has 0 radical (unpaired) electrons. The summed E-state index contributed by atoms with van der Waals surface area (Å²) >= 11 is 0. The predicted molar refractivity (Wildman–Crippen MR) is 132 cm³/mol. The third kappa shape index (κ3) is 6.57. The molecule has 0 bridgehead atoms. The summed E-state index contributed by atoms with van der Waals surface area (Å²) in [7, 11) is 5.95. The molecule has 0 heterocycles. The lowest BCUT2D eigenvalue weighted by Crippen LogP contribution is -2.24. The van der Waals surface area contributed by atoms with Crippen molar-refractivity contribution in [1.82, 2.24) is 4.90 Å². The Kier molecular flexibility index (Phi) is 8.29. The second kappa shape index (κ2) is 11.1. The van der Waals surface area contributed by atoms with Gasteiger partial charge in [-0.15, -0.1) is 0 Å². The fourth-order valence-electron chi connectivity index (χ4n) is 4.05. The van der Waals surface area contributed by atoms with Crippen LogP contribution in [0, 0.1) is 11.8 Å². The SMILES string of the molecule is COc1cccc(C2=C/C(=C\c3cccc(C(=O)OCC(C)C)c3)CCC2CN(C)C)c1. The predicted octanol–water partition coefficient (Wildman–Crippen LogP) is 5.95. The summed E-state index contributed by atoms with van der Waals surface area (Å²) in [6.45, 7) is 5.51. The van der Waals surface area contributed by atoms with Crippen LogP contribution in [0.5, 0.6) is 5.75 Å². The zero-order valence-electron chi connectivity index (χ0n) is 19.9. The summed E-state index contributed by atoms with van der Waals surface area (Å²) in [5.74, 6) is 1.39. The van der Waals surface area contributed by atoms with Crippen LogP contribution in [0.4, 0.5) is 0 Å². The molecular formula is C28H35NO3. The van der Waals surface area contributed by atoms with Gasteiger partial charge in [-0.1, -0.05) is 50.3 Å². The number of carbonyl (C=O) groups excluding carboxylic acids is 1. The second-order valence-corrected chi connectivity index (χ2v) is 9.17. The van der Waals surface area contributed by atoms with Gasteiger partial charge in [0.05, 0.1) is 19.3 Å². The number of esters is 1. The van der Waals surface area contributed by atoms with E-state index in [0.717, 1.165) is 30.7 Å². The monoisotopic (exact) mass is 433 g/mol. The molecule has 2 aromatic carbocycles. The van der Waals surface area contributed by atoms with Crippen LogP contribution in [0.2, 0.25) is 0 Å². The molecule has 32 heavy (non-hydrogen) atoms. The van der Waals surface area contributed by atoms with E-state index in [1.165, 1.54) is 16.7 Å². The third-order valence-electron chi connectivity index (χ3n) is 5.57. The zero-order chi connectivity index (χ0) is 23.1. The van der Waals surface area contributed by atoms with Crippen molar-refractivity contribution in [2.24, 2.45) is 11.8 Å². The summed E-state index contributed by atoms with van der Waals surface area (Å²) < 4.78 is 10.9. The van der Waals surface area contributed by atoms with Crippen LogP contribution >= 0.6 is 0 Å². The van der Waals surface area contributed by atoms with Gasteiger partial charge in [0.1, 0.15) is 5.75 Å². The quantitative estimate of drug-likeness (QED) is 0.483. The molecule has 0 saturated carbocycles. The molecule has 0 N–H and O–H groups in total. The summed E-state index contributed by atoms with van der Waals surface area (Å²) in [4.78, 5) is 14.6. The first kappa shape index (κ1) is 23.8. The summed E-state index contributed by atoms with van der Waals surface area (Å²) in [5.41, 5.74) is 5.42. The molecule has 1 aliphatic carbocycles. The summed E-state index contributed by atoms with van der Waals surface area (Å²) in [5, 5.41) is 0. The molecule has 0 amide bonds. The van der Waals surface area contributed by atoms with Crippen LogP contribution in [0.15, 0.2) is 60.2 Å². The van der Waals surface area contributed by atoms with Crippen molar-refractivity contribution >= 4 is 17.6 Å². The Morgan fingerprint density at radius 3 is 2.66 bits per heavy atom. The number of ether oxygens (including phenoxy) is 2. The van der Waals surface area contributed by atoms with E-state index in [0.29, 0.717) is 24.0 Å². The van der Waals surface area contributed by atoms with Crippen LogP contribution < -0.4 is 4.74 Å². The fraction of sp³-hybridized carbons (Fsp3) is 0.393. The average molecular weight is 434 g/mol. The van der Waals surface area contributed by atoms with E-state index in [1.807, 2.05) is 50.2 Å². The highest BCUT2D eigenvalue weighted by atomic mass is 16.5. The number of rotatable bonds is 8. The van der Waals surface area contributed by atoms with Crippen molar-refractivity contribution in [1.29, 1.82) is 0 Å². The minimum atomic E-state index is -0.263. The van der Waals surface area contributed by atoms with Crippen LogP contribution in [0.3, 0.4) is 0 Å². The molecule has 1 unspecified atom stereocenters. The van der Waals surface area contributed by atoms with Gasteiger partial charge in [0.15, 0.2) is 0 Å². The van der Waals surface area contributed by atoms with Crippen molar-refractivity contribution < 1.29 is 14.3 Å². The van der Waals surface area contributed by atoms with Gasteiger partial charge in [-0.3, -0.25) is 0 Å². The highest BCUT2D eigenvalue weighted by Crippen LogP contribution is 2.37. The maximum absolute atomic E-state index is 12.4. The van der Waals surface area contributed by atoms with E-state index < -0.39 is 0 Å². The standard InChI is InChI=1S/C28H35NO3/c1-20(2)19-32-28(30)24-10-6-8-21(15-24)14-22-12-13-25(18-29(3)4)27(16-22)23-9-7-11-26(17-23)31-5/h6-11,14-17,20,25H,12-13,18-19H2,1-5H3/b22-14-. The molecule has 0 fully saturated rings. The van der Waals surface area contributed by atoms with Crippen molar-refractivity contribution in [3.05, 3.63) is 76.9 Å². The Balaban J connectivity index is 1.90. The average Bonchev–Trinajstić information content (AvgIpc) is 2.78. The van der Waals surface area contributed by atoms with Crippen molar-refractivity contribution in [3.8, 4) is 5.75 Å². The Morgan fingerprint density at radius 1 is 1.16 bits per heavy atom. The number of allylic oxidation sites excluding steroid dienone is 2. The largest absolute Gasteiger partial charge is 0.497 e. The molecule has 2 aromatic rings. The molecule has 1 atom stereocenters. The van der Waals surface area contributed by atoms with Gasteiger partial charge in [-0.05, 0) is 85.3 Å². The first-order chi connectivity index (χ1) is 15.4. The lowest BCUT2D eigenvalue weighted by molar-refractivity contribution is 0.0459. The van der Waals surface area contributed by atoms with E-state index in [9.17, 15) is 4.79 Å². The number of methoxy groups -OCH3 is 1. The van der Waals surface area contributed by atoms with Crippen LogP contribution in [0.25, 0.3) is 11.6 Å². The number of hydrogen-bond acceptors (Lipinski definition) is 4. The molecule has 0 aliphatic heterocycles. The van der Waals surface area contributed by atoms with Crippen LogP contribution in [0.1, 0.15) is 48.2 Å². The Hall–Kier alpha value is -2.85. The van der Waals surface area contributed by atoms with Crippen LogP contribution in [-0.4, -0.2) is 45.2 Å². The van der Waals surface area contributed by atoms with Gasteiger partial charge in [0.2, 0.25) is 0 Å².